The molecule has 0 aliphatic heterocycles. The summed E-state index contributed by atoms with van der Waals surface area (Å²) >= 11 is 5.53. The number of halogens is 4. The van der Waals surface area contributed by atoms with E-state index in [9.17, 15) is 23.3 Å². The number of anilines is 1. The van der Waals surface area contributed by atoms with Crippen LogP contribution in [0.25, 0.3) is 0 Å². The first-order chi connectivity index (χ1) is 7.29. The number of benzene rings is 1. The van der Waals surface area contributed by atoms with E-state index in [0.717, 1.165) is 12.1 Å². The van der Waals surface area contributed by atoms with Crippen molar-refractivity contribution in [2.75, 3.05) is 11.9 Å². The number of nitro benzene ring substituents is 1. The molecule has 1 rings (SSSR count). The lowest BCUT2D eigenvalue weighted by atomic mass is 10.2. The Kier molecular flexibility index (Phi) is 3.58. The highest BCUT2D eigenvalue weighted by Crippen LogP contribution is 2.28. The summed E-state index contributed by atoms with van der Waals surface area (Å²) in [6.45, 7) is -1.35. The van der Waals surface area contributed by atoms with Crippen molar-refractivity contribution in [3.8, 4) is 0 Å². The Balaban J connectivity index is 2.93. The smallest absolute Gasteiger partial charge is 0.371 e. The first-order valence-electron chi connectivity index (χ1n) is 4.04. The third kappa shape index (κ3) is 3.58. The van der Waals surface area contributed by atoms with Crippen molar-refractivity contribution < 1.29 is 18.1 Å². The van der Waals surface area contributed by atoms with Crippen molar-refractivity contribution in [2.24, 2.45) is 0 Å². The van der Waals surface area contributed by atoms with Crippen LogP contribution in [0.5, 0.6) is 0 Å². The van der Waals surface area contributed by atoms with E-state index in [-0.39, 0.29) is 10.7 Å². The summed E-state index contributed by atoms with van der Waals surface area (Å²) in [4.78, 5) is 9.72. The van der Waals surface area contributed by atoms with E-state index in [4.69, 9.17) is 11.6 Å². The average Bonchev–Trinajstić information content (AvgIpc) is 2.13. The number of rotatable bonds is 3. The summed E-state index contributed by atoms with van der Waals surface area (Å²) in [5, 5.41) is 12.5. The summed E-state index contributed by atoms with van der Waals surface area (Å²) in [6, 6.07) is 3.35. The molecule has 0 radical (unpaired) electrons. The molecule has 0 atom stereocenters. The van der Waals surface area contributed by atoms with Gasteiger partial charge in [0.1, 0.15) is 12.2 Å². The first kappa shape index (κ1) is 12.6. The molecule has 0 saturated carbocycles. The molecule has 0 fully saturated rings. The Hall–Kier alpha value is -1.50. The Labute approximate surface area is 93.2 Å². The summed E-state index contributed by atoms with van der Waals surface area (Å²) < 4.78 is 35.7. The summed E-state index contributed by atoms with van der Waals surface area (Å²) in [5.41, 5.74) is -0.705. The number of nitrogens with zero attached hydrogens (tertiary/aromatic N) is 1. The highest BCUT2D eigenvalue weighted by Gasteiger charge is 2.28. The van der Waals surface area contributed by atoms with Crippen molar-refractivity contribution in [2.45, 2.75) is 6.18 Å². The van der Waals surface area contributed by atoms with Gasteiger partial charge in [-0.2, -0.15) is 13.2 Å². The second kappa shape index (κ2) is 4.56. The normalized spacial score (nSPS) is 11.2. The van der Waals surface area contributed by atoms with E-state index in [1.54, 1.807) is 0 Å². The van der Waals surface area contributed by atoms with E-state index in [1.807, 2.05) is 5.32 Å². The minimum absolute atomic E-state index is 0.121. The maximum Gasteiger partial charge on any atom is 0.405 e. The average molecular weight is 255 g/mol. The van der Waals surface area contributed by atoms with Gasteiger partial charge in [-0.3, -0.25) is 10.1 Å². The second-order valence-corrected chi connectivity index (χ2v) is 3.32. The maximum absolute atomic E-state index is 11.9. The number of alkyl halides is 3. The van der Waals surface area contributed by atoms with Gasteiger partial charge >= 0.3 is 6.18 Å². The van der Waals surface area contributed by atoms with Crippen LogP contribution in [0, 0.1) is 10.1 Å². The minimum atomic E-state index is -4.45. The highest BCUT2D eigenvalue weighted by molar-refractivity contribution is 6.31. The van der Waals surface area contributed by atoms with Gasteiger partial charge in [-0.05, 0) is 12.1 Å². The van der Waals surface area contributed by atoms with Crippen molar-refractivity contribution in [3.05, 3.63) is 33.3 Å². The molecule has 0 unspecified atom stereocenters. The molecule has 0 aliphatic rings. The van der Waals surface area contributed by atoms with E-state index in [0.29, 0.717) is 0 Å². The maximum atomic E-state index is 11.9. The molecule has 16 heavy (non-hydrogen) atoms. The predicted octanol–water partition coefficient (Wildman–Crippen LogP) is 3.22. The number of nitrogens with one attached hydrogen (secondary N) is 1. The van der Waals surface area contributed by atoms with Gasteiger partial charge in [-0.1, -0.05) is 11.6 Å². The van der Waals surface area contributed by atoms with Crippen molar-refractivity contribution in [1.29, 1.82) is 0 Å². The van der Waals surface area contributed by atoms with Gasteiger partial charge in [0.2, 0.25) is 0 Å². The monoisotopic (exact) mass is 254 g/mol. The SMILES string of the molecule is O=[N+]([O-])c1ccc(Cl)cc1NCC(F)(F)F. The van der Waals surface area contributed by atoms with Gasteiger partial charge in [0.05, 0.1) is 4.92 Å². The van der Waals surface area contributed by atoms with Crippen LogP contribution in [0.3, 0.4) is 0 Å². The van der Waals surface area contributed by atoms with Gasteiger partial charge in [0, 0.05) is 11.1 Å². The lowest BCUT2D eigenvalue weighted by Crippen LogP contribution is -2.21. The molecule has 0 aromatic heterocycles. The van der Waals surface area contributed by atoms with Crippen molar-refractivity contribution >= 4 is 23.0 Å². The molecular weight excluding hydrogens is 249 g/mol. The number of hydrogen-bond acceptors (Lipinski definition) is 3. The Morgan fingerprint density at radius 3 is 2.56 bits per heavy atom. The van der Waals surface area contributed by atoms with Crippen LogP contribution < -0.4 is 5.32 Å². The molecule has 0 bridgehead atoms. The quantitative estimate of drug-likeness (QED) is 0.665. The van der Waals surface area contributed by atoms with E-state index in [2.05, 4.69) is 0 Å². The van der Waals surface area contributed by atoms with Crippen LogP contribution in [-0.2, 0) is 0 Å². The fraction of sp³-hybridized carbons (Fsp3) is 0.250. The molecule has 0 amide bonds. The lowest BCUT2D eigenvalue weighted by molar-refractivity contribution is -0.384. The highest BCUT2D eigenvalue weighted by atomic mass is 35.5. The third-order valence-corrected chi connectivity index (χ3v) is 1.87. The third-order valence-electron chi connectivity index (χ3n) is 1.63. The molecule has 8 heteroatoms. The Morgan fingerprint density at radius 1 is 1.44 bits per heavy atom. The molecular formula is C8H6ClF3N2O2. The van der Waals surface area contributed by atoms with Gasteiger partial charge in [-0.25, -0.2) is 0 Å². The Morgan fingerprint density at radius 2 is 2.06 bits per heavy atom. The fourth-order valence-corrected chi connectivity index (χ4v) is 1.18. The van der Waals surface area contributed by atoms with Crippen LogP contribution in [-0.4, -0.2) is 17.6 Å². The summed E-state index contributed by atoms with van der Waals surface area (Å²) in [6.07, 6.45) is -4.45. The molecule has 0 aliphatic carbocycles. The van der Waals surface area contributed by atoms with Gasteiger partial charge in [-0.15, -0.1) is 0 Å². The zero-order valence-electron chi connectivity index (χ0n) is 7.71. The predicted molar refractivity (Wildman–Crippen MR) is 52.7 cm³/mol. The van der Waals surface area contributed by atoms with E-state index in [1.165, 1.54) is 6.07 Å². The number of nitro groups is 1. The molecule has 0 spiro atoms. The molecule has 88 valence electrons. The minimum Gasteiger partial charge on any atom is -0.371 e. The molecule has 4 nitrogen and oxygen atoms in total. The fourth-order valence-electron chi connectivity index (χ4n) is 1.00. The molecule has 0 saturated heterocycles. The van der Waals surface area contributed by atoms with Gasteiger partial charge in [0.25, 0.3) is 5.69 Å². The molecule has 1 aromatic carbocycles. The lowest BCUT2D eigenvalue weighted by Gasteiger charge is -2.09. The van der Waals surface area contributed by atoms with Crippen molar-refractivity contribution in [3.63, 3.8) is 0 Å². The largest absolute Gasteiger partial charge is 0.405 e. The van der Waals surface area contributed by atoms with Crippen LogP contribution in [0.4, 0.5) is 24.5 Å². The zero-order chi connectivity index (χ0) is 12.3. The van der Waals surface area contributed by atoms with E-state index >= 15 is 0 Å². The Bertz CT molecular complexity index is 409. The van der Waals surface area contributed by atoms with Gasteiger partial charge < -0.3 is 5.32 Å². The second-order valence-electron chi connectivity index (χ2n) is 2.89. The van der Waals surface area contributed by atoms with Crippen molar-refractivity contribution in [1.82, 2.24) is 0 Å². The summed E-state index contributed by atoms with van der Waals surface area (Å²) in [5.74, 6) is 0. The standard InChI is InChI=1S/C8H6ClF3N2O2/c9-5-1-2-7(14(15)16)6(3-5)13-4-8(10,11)12/h1-3,13H,4H2. The molecule has 1 aromatic rings. The number of hydrogen-bond donors (Lipinski definition) is 1. The van der Waals surface area contributed by atoms with E-state index < -0.39 is 23.3 Å². The molecule has 1 N–H and O–H groups in total. The van der Waals surface area contributed by atoms with Gasteiger partial charge in [0.15, 0.2) is 0 Å². The van der Waals surface area contributed by atoms with Crippen LogP contribution in [0.15, 0.2) is 18.2 Å². The first-order valence-corrected chi connectivity index (χ1v) is 4.42. The summed E-state index contributed by atoms with van der Waals surface area (Å²) in [7, 11) is 0. The topological polar surface area (TPSA) is 55.2 Å². The molecule has 0 heterocycles. The van der Waals surface area contributed by atoms with Crippen LogP contribution in [0.1, 0.15) is 0 Å². The van der Waals surface area contributed by atoms with Crippen LogP contribution >= 0.6 is 11.6 Å². The van der Waals surface area contributed by atoms with Crippen LogP contribution in [0.2, 0.25) is 5.02 Å². The zero-order valence-corrected chi connectivity index (χ0v) is 8.47.